The van der Waals surface area contributed by atoms with Crippen LogP contribution in [-0.2, 0) is 10.9 Å². The number of halogens is 6. The summed E-state index contributed by atoms with van der Waals surface area (Å²) in [7, 11) is 1.81. The Hall–Kier alpha value is -3.27. The Bertz CT molecular complexity index is 1730. The SMILES string of the molecule is CNCCN1c2nc(OC[C@@]34CCCN3C[C@H](F)C4)nc3c(F)c(-c4nc(N)cc(C)c4C(F)(F)F)c(Cl)c(c23)OCC2COCCC21. The van der Waals surface area contributed by atoms with Crippen LogP contribution < -0.4 is 25.4 Å². The van der Waals surface area contributed by atoms with Crippen molar-refractivity contribution in [1.82, 2.24) is 25.2 Å². The van der Waals surface area contributed by atoms with Gasteiger partial charge in [0.25, 0.3) is 0 Å². The van der Waals surface area contributed by atoms with Crippen LogP contribution in [0.3, 0.4) is 0 Å². The van der Waals surface area contributed by atoms with Gasteiger partial charge in [0.15, 0.2) is 11.6 Å². The van der Waals surface area contributed by atoms with E-state index in [1.807, 2.05) is 4.90 Å². The number of fused-ring (bicyclic) bond motifs is 2. The molecular formula is C32H37ClF5N7O3. The summed E-state index contributed by atoms with van der Waals surface area (Å²) in [5.74, 6) is -1.37. The largest absolute Gasteiger partial charge is 0.491 e. The van der Waals surface area contributed by atoms with Crippen LogP contribution in [0.2, 0.25) is 5.02 Å². The summed E-state index contributed by atoms with van der Waals surface area (Å²) in [5, 5.41) is 2.84. The normalized spacial score (nSPS) is 25.8. The lowest BCUT2D eigenvalue weighted by molar-refractivity contribution is -0.137. The summed E-state index contributed by atoms with van der Waals surface area (Å²) in [5.41, 5.74) is 2.16. The molecule has 0 radical (unpaired) electrons. The number of nitrogens with two attached hydrogens (primary N) is 1. The van der Waals surface area contributed by atoms with E-state index in [-0.39, 0.29) is 71.5 Å². The Morgan fingerprint density at radius 2 is 2.04 bits per heavy atom. The van der Waals surface area contributed by atoms with Gasteiger partial charge in [-0.05, 0) is 51.4 Å². The molecule has 2 aromatic heterocycles. The summed E-state index contributed by atoms with van der Waals surface area (Å²) in [6.07, 6.45) is -3.40. The quantitative estimate of drug-likeness (QED) is 0.321. The monoisotopic (exact) mass is 697 g/mol. The number of alkyl halides is 4. The van der Waals surface area contributed by atoms with Gasteiger partial charge in [0.05, 0.1) is 46.0 Å². The zero-order valence-corrected chi connectivity index (χ0v) is 27.4. The second kappa shape index (κ2) is 12.6. The molecule has 3 N–H and O–H groups in total. The van der Waals surface area contributed by atoms with Crippen LogP contribution in [0.5, 0.6) is 11.8 Å². The van der Waals surface area contributed by atoms with Crippen molar-refractivity contribution >= 4 is 34.1 Å². The summed E-state index contributed by atoms with van der Waals surface area (Å²) in [6, 6.07) is 0.750. The molecule has 3 saturated heterocycles. The van der Waals surface area contributed by atoms with E-state index in [0.717, 1.165) is 25.5 Å². The van der Waals surface area contributed by atoms with Crippen molar-refractivity contribution in [3.63, 3.8) is 0 Å². The van der Waals surface area contributed by atoms with Crippen LogP contribution in [0.4, 0.5) is 33.6 Å². The van der Waals surface area contributed by atoms with Crippen LogP contribution in [0.1, 0.15) is 36.8 Å². The topological polar surface area (TPSA) is 111 Å². The third-order valence-electron chi connectivity index (χ3n) is 10.1. The Kier molecular flexibility index (Phi) is 8.70. The van der Waals surface area contributed by atoms with Gasteiger partial charge in [0.1, 0.15) is 29.9 Å². The maximum absolute atomic E-state index is 17.1. The van der Waals surface area contributed by atoms with Crippen molar-refractivity contribution in [2.75, 3.05) is 70.3 Å². The van der Waals surface area contributed by atoms with Crippen molar-refractivity contribution in [2.45, 2.75) is 56.5 Å². The summed E-state index contributed by atoms with van der Waals surface area (Å²) < 4.78 is 93.4. The first-order valence-electron chi connectivity index (χ1n) is 16.1. The maximum Gasteiger partial charge on any atom is 0.418 e. The van der Waals surface area contributed by atoms with Crippen LogP contribution >= 0.6 is 11.6 Å². The van der Waals surface area contributed by atoms with E-state index in [4.69, 9.17) is 36.5 Å². The fraction of sp³-hybridized carbons (Fsp3) is 0.594. The van der Waals surface area contributed by atoms with Crippen LogP contribution in [-0.4, -0.2) is 97.3 Å². The molecule has 7 rings (SSSR count). The van der Waals surface area contributed by atoms with Gasteiger partial charge in [-0.1, -0.05) is 11.6 Å². The Morgan fingerprint density at radius 3 is 2.81 bits per heavy atom. The number of benzene rings is 1. The summed E-state index contributed by atoms with van der Waals surface area (Å²) >= 11 is 6.87. The molecular weight excluding hydrogens is 661 g/mol. The molecule has 0 aliphatic carbocycles. The number of ether oxygens (including phenoxy) is 3. The fourth-order valence-electron chi connectivity index (χ4n) is 7.94. The van der Waals surface area contributed by atoms with E-state index in [1.165, 1.54) is 6.92 Å². The van der Waals surface area contributed by atoms with Crippen molar-refractivity contribution in [1.29, 1.82) is 0 Å². The number of pyridine rings is 1. The van der Waals surface area contributed by atoms with Crippen molar-refractivity contribution in [3.05, 3.63) is 28.0 Å². The first kappa shape index (κ1) is 33.2. The molecule has 0 spiro atoms. The molecule has 260 valence electrons. The standard InChI is InChI=1S/C32H37ClF5N7O3/c1-16-10-20(39)41-26(23(16)32(36,37)38)21-24(33)28-22-27(25(21)35)42-30(48-15-31-5-3-7-44(31)12-18(34)11-31)43-29(22)45(8-6-40-2)19-4-9-46-13-17(19)14-47-28/h10,17-19,40H,3-9,11-15H2,1-2H3,(H2,39,41)/t17?,18-,19?,31+/m1/s1. The highest BCUT2D eigenvalue weighted by atomic mass is 35.5. The van der Waals surface area contributed by atoms with Crippen LogP contribution in [0.15, 0.2) is 6.07 Å². The van der Waals surface area contributed by atoms with Crippen molar-refractivity contribution in [2.24, 2.45) is 5.92 Å². The van der Waals surface area contributed by atoms with E-state index in [1.54, 1.807) is 7.05 Å². The summed E-state index contributed by atoms with van der Waals surface area (Å²) in [4.78, 5) is 17.3. The van der Waals surface area contributed by atoms with E-state index >= 15 is 4.39 Å². The predicted molar refractivity (Wildman–Crippen MR) is 170 cm³/mol. The van der Waals surface area contributed by atoms with E-state index in [0.29, 0.717) is 39.3 Å². The molecule has 0 saturated carbocycles. The molecule has 4 aliphatic rings. The maximum atomic E-state index is 17.1. The highest BCUT2D eigenvalue weighted by molar-refractivity contribution is 6.36. The molecule has 0 bridgehead atoms. The average molecular weight is 698 g/mol. The van der Waals surface area contributed by atoms with E-state index in [2.05, 4.69) is 20.2 Å². The molecule has 3 aromatic rings. The van der Waals surface area contributed by atoms with Gasteiger partial charge in [0.2, 0.25) is 0 Å². The van der Waals surface area contributed by atoms with Crippen LogP contribution in [0.25, 0.3) is 22.2 Å². The number of hydrogen-bond donors (Lipinski definition) is 2. The number of nitrogen functional groups attached to an aromatic ring is 1. The lowest BCUT2D eigenvalue weighted by Crippen LogP contribution is -2.51. The van der Waals surface area contributed by atoms with Gasteiger partial charge in [0, 0.05) is 44.6 Å². The summed E-state index contributed by atoms with van der Waals surface area (Å²) in [6.45, 7) is 4.25. The lowest BCUT2D eigenvalue weighted by Gasteiger charge is -2.42. The third kappa shape index (κ3) is 5.65. The third-order valence-corrected chi connectivity index (χ3v) is 10.4. The fourth-order valence-corrected chi connectivity index (χ4v) is 8.26. The van der Waals surface area contributed by atoms with Crippen LogP contribution in [0, 0.1) is 18.7 Å². The Morgan fingerprint density at radius 1 is 1.23 bits per heavy atom. The van der Waals surface area contributed by atoms with Gasteiger partial charge in [-0.25, -0.2) is 13.8 Å². The number of nitrogens with one attached hydrogen (secondary N) is 1. The van der Waals surface area contributed by atoms with E-state index in [9.17, 15) is 17.6 Å². The van der Waals surface area contributed by atoms with Gasteiger partial charge in [-0.3, -0.25) is 4.90 Å². The molecule has 48 heavy (non-hydrogen) atoms. The molecule has 1 aromatic carbocycles. The van der Waals surface area contributed by atoms with Gasteiger partial charge >= 0.3 is 12.2 Å². The minimum Gasteiger partial charge on any atom is -0.491 e. The first-order valence-corrected chi connectivity index (χ1v) is 16.5. The Balaban J connectivity index is 1.47. The number of hydrogen-bond acceptors (Lipinski definition) is 10. The number of rotatable bonds is 7. The second-order valence-electron chi connectivity index (χ2n) is 13.1. The van der Waals surface area contributed by atoms with E-state index < -0.39 is 45.5 Å². The molecule has 16 heteroatoms. The van der Waals surface area contributed by atoms with Crippen molar-refractivity contribution < 1.29 is 36.2 Å². The number of aromatic nitrogens is 3. The highest BCUT2D eigenvalue weighted by Crippen LogP contribution is 2.51. The number of aryl methyl sites for hydroxylation is 1. The van der Waals surface area contributed by atoms with Crippen molar-refractivity contribution in [3.8, 4) is 23.0 Å². The number of anilines is 2. The first-order chi connectivity index (χ1) is 22.9. The average Bonchev–Trinajstić information content (AvgIpc) is 3.54. The molecule has 4 aliphatic heterocycles. The minimum atomic E-state index is -4.92. The molecule has 0 amide bonds. The molecule has 3 fully saturated rings. The predicted octanol–water partition coefficient (Wildman–Crippen LogP) is 5.17. The van der Waals surface area contributed by atoms with Gasteiger partial charge in [-0.15, -0.1) is 0 Å². The van der Waals surface area contributed by atoms with Gasteiger partial charge < -0.3 is 30.2 Å². The number of likely N-dealkylation sites (N-methyl/N-ethyl adjacent to an activating group) is 1. The Labute approximate surface area is 279 Å². The second-order valence-corrected chi connectivity index (χ2v) is 13.5. The van der Waals surface area contributed by atoms with Gasteiger partial charge in [-0.2, -0.15) is 23.1 Å². The lowest BCUT2D eigenvalue weighted by atomic mass is 9.93. The highest BCUT2D eigenvalue weighted by Gasteiger charge is 2.50. The zero-order chi connectivity index (χ0) is 34.0. The smallest absolute Gasteiger partial charge is 0.418 e. The molecule has 4 atom stereocenters. The molecule has 10 nitrogen and oxygen atoms in total. The minimum absolute atomic E-state index is 0.0639. The molecule has 6 heterocycles. The zero-order valence-electron chi connectivity index (χ0n) is 26.6. The molecule has 2 unspecified atom stereocenters. The number of nitrogens with zero attached hydrogens (tertiary/aromatic N) is 5.